The Hall–Kier alpha value is -3.28. The maximum atomic E-state index is 12.1. The number of esters is 1. The van der Waals surface area contributed by atoms with E-state index >= 15 is 0 Å². The van der Waals surface area contributed by atoms with E-state index < -0.39 is 5.97 Å². The van der Waals surface area contributed by atoms with Crippen molar-refractivity contribution in [2.45, 2.75) is 58.3 Å². The smallest absolute Gasteiger partial charge is 0.338 e. The third-order valence-electron chi connectivity index (χ3n) is 5.31. The predicted octanol–water partition coefficient (Wildman–Crippen LogP) is 6.58. The largest absolute Gasteiger partial charge is 0.494 e. The molecule has 6 heteroatoms. The van der Waals surface area contributed by atoms with Gasteiger partial charge in [-0.2, -0.15) is 0 Å². The van der Waals surface area contributed by atoms with Crippen LogP contribution in [0.3, 0.4) is 0 Å². The van der Waals surface area contributed by atoms with Crippen molar-refractivity contribution >= 4 is 11.8 Å². The highest BCUT2D eigenvalue weighted by molar-refractivity contribution is 5.89. The van der Waals surface area contributed by atoms with Gasteiger partial charge in [0.05, 0.1) is 12.2 Å². The lowest BCUT2D eigenvalue weighted by molar-refractivity contribution is -0.123. The zero-order valence-corrected chi connectivity index (χ0v) is 20.8. The fourth-order valence-corrected chi connectivity index (χ4v) is 3.33. The van der Waals surface area contributed by atoms with Crippen molar-refractivity contribution in [2.24, 2.45) is 0 Å². The molecular weight excluding hydrogens is 444 g/mol. The molecule has 2 rings (SSSR count). The Morgan fingerprint density at radius 3 is 1.74 bits per heavy atom. The number of hydrogen-bond donors (Lipinski definition) is 0. The summed E-state index contributed by atoms with van der Waals surface area (Å²) >= 11 is 0. The molecule has 0 saturated heterocycles. The maximum absolute atomic E-state index is 12.1. The summed E-state index contributed by atoms with van der Waals surface area (Å²) in [5.74, 6) is 1.24. The summed E-state index contributed by atoms with van der Waals surface area (Å²) in [4.78, 5) is 23.9. The van der Waals surface area contributed by atoms with E-state index in [4.69, 9.17) is 18.9 Å². The highest BCUT2D eigenvalue weighted by Gasteiger charge is 2.08. The van der Waals surface area contributed by atoms with Gasteiger partial charge in [-0.3, -0.25) is 4.79 Å². The molecule has 0 N–H and O–H groups in total. The molecule has 190 valence electrons. The second-order valence-electron chi connectivity index (χ2n) is 8.32. The van der Waals surface area contributed by atoms with Crippen molar-refractivity contribution in [2.75, 3.05) is 26.4 Å². The number of unbranched alkanes of at least 4 members (excludes halogenated alkanes) is 7. The summed E-state index contributed by atoms with van der Waals surface area (Å²) in [6, 6.07) is 13.7. The molecule has 0 aliphatic rings. The second-order valence-corrected chi connectivity index (χ2v) is 8.32. The number of Topliss-reactive ketones (excluding diaryl/α,β-unsaturated/α-hetero) is 1. The Morgan fingerprint density at radius 1 is 0.714 bits per heavy atom. The third kappa shape index (κ3) is 12.1. The Morgan fingerprint density at radius 2 is 1.20 bits per heavy atom. The predicted molar refractivity (Wildman–Crippen MR) is 137 cm³/mol. The quantitative estimate of drug-likeness (QED) is 0.128. The molecule has 2 aromatic rings. The number of hydrogen-bond acceptors (Lipinski definition) is 6. The van der Waals surface area contributed by atoms with Crippen LogP contribution in [0.25, 0.3) is 0 Å². The lowest BCUT2D eigenvalue weighted by Crippen LogP contribution is -2.19. The number of benzene rings is 2. The third-order valence-corrected chi connectivity index (χ3v) is 5.31. The van der Waals surface area contributed by atoms with E-state index in [9.17, 15) is 9.59 Å². The van der Waals surface area contributed by atoms with Crippen molar-refractivity contribution < 1.29 is 28.5 Å². The van der Waals surface area contributed by atoms with Crippen molar-refractivity contribution in [3.05, 3.63) is 66.7 Å². The lowest BCUT2D eigenvalue weighted by atomic mass is 10.1. The molecule has 0 unspecified atom stereocenters. The Bertz CT molecular complexity index is 873. The van der Waals surface area contributed by atoms with Gasteiger partial charge in [-0.15, -0.1) is 0 Å². The molecule has 0 fully saturated rings. The first-order valence-corrected chi connectivity index (χ1v) is 12.5. The van der Waals surface area contributed by atoms with Crippen LogP contribution >= 0.6 is 0 Å². The number of rotatable bonds is 19. The van der Waals surface area contributed by atoms with E-state index in [0.717, 1.165) is 12.2 Å². The van der Waals surface area contributed by atoms with Gasteiger partial charge in [0.2, 0.25) is 5.78 Å². The summed E-state index contributed by atoms with van der Waals surface area (Å²) in [7, 11) is 0. The van der Waals surface area contributed by atoms with Crippen LogP contribution in [0.1, 0.15) is 68.6 Å². The average molecular weight is 483 g/mol. The summed E-state index contributed by atoms with van der Waals surface area (Å²) in [6.45, 7) is 6.39. The van der Waals surface area contributed by atoms with Crippen molar-refractivity contribution in [3.63, 3.8) is 0 Å². The molecular formula is C29H38O6. The minimum absolute atomic E-state index is 0.0928. The van der Waals surface area contributed by atoms with E-state index in [-0.39, 0.29) is 25.6 Å². The van der Waals surface area contributed by atoms with Crippen LogP contribution in [-0.4, -0.2) is 38.2 Å². The topological polar surface area (TPSA) is 71.1 Å². The molecule has 6 nitrogen and oxygen atoms in total. The number of ketones is 1. The van der Waals surface area contributed by atoms with E-state index in [0.29, 0.717) is 23.7 Å². The normalized spacial score (nSPS) is 10.4. The van der Waals surface area contributed by atoms with Crippen LogP contribution in [0, 0.1) is 0 Å². The van der Waals surface area contributed by atoms with Gasteiger partial charge < -0.3 is 18.9 Å². The SMILES string of the molecule is C=CCOC(=O)c1ccc(OCC(=O)COc2ccc(OCCCCCCCCCC)cc2)cc1. The number of ether oxygens (including phenoxy) is 4. The van der Waals surface area contributed by atoms with E-state index in [1.165, 1.54) is 51.0 Å². The highest BCUT2D eigenvalue weighted by Crippen LogP contribution is 2.18. The van der Waals surface area contributed by atoms with Crippen LogP contribution in [0.2, 0.25) is 0 Å². The van der Waals surface area contributed by atoms with Crippen LogP contribution in [-0.2, 0) is 9.53 Å². The van der Waals surface area contributed by atoms with Crippen LogP contribution in [0.15, 0.2) is 61.2 Å². The Balaban J connectivity index is 1.58. The summed E-state index contributed by atoms with van der Waals surface area (Å²) < 4.78 is 21.8. The van der Waals surface area contributed by atoms with E-state index in [2.05, 4.69) is 13.5 Å². The molecule has 0 bridgehead atoms. The first-order chi connectivity index (χ1) is 17.1. The van der Waals surface area contributed by atoms with Crippen LogP contribution < -0.4 is 14.2 Å². The standard InChI is InChI=1S/C29H38O6/c1-3-5-6-7-8-9-10-11-21-32-26-16-18-28(19-17-26)35-23-25(30)22-34-27-14-12-24(13-15-27)29(31)33-20-4-2/h4,12-19H,2-3,5-11,20-23H2,1H3. The number of carbonyl (C=O) groups excluding carboxylic acids is 2. The van der Waals surface area contributed by atoms with Gasteiger partial charge in [-0.05, 0) is 55.0 Å². The molecule has 2 aromatic carbocycles. The van der Waals surface area contributed by atoms with E-state index in [1.54, 1.807) is 36.4 Å². The molecule has 0 aliphatic carbocycles. The zero-order chi connectivity index (χ0) is 25.1. The number of carbonyl (C=O) groups is 2. The highest BCUT2D eigenvalue weighted by atomic mass is 16.5. The van der Waals surface area contributed by atoms with Gasteiger partial charge in [0.15, 0.2) is 0 Å². The summed E-state index contributed by atoms with van der Waals surface area (Å²) in [5.41, 5.74) is 0.402. The fourth-order valence-electron chi connectivity index (χ4n) is 3.33. The maximum Gasteiger partial charge on any atom is 0.338 e. The summed E-state index contributed by atoms with van der Waals surface area (Å²) in [6.07, 6.45) is 11.7. The Kier molecular flexibility index (Phi) is 13.7. The first-order valence-electron chi connectivity index (χ1n) is 12.5. The zero-order valence-electron chi connectivity index (χ0n) is 20.8. The molecule has 35 heavy (non-hydrogen) atoms. The van der Waals surface area contributed by atoms with Gasteiger partial charge in [-0.25, -0.2) is 4.79 Å². The monoisotopic (exact) mass is 482 g/mol. The molecule has 0 heterocycles. The van der Waals surface area contributed by atoms with E-state index in [1.807, 2.05) is 12.1 Å². The van der Waals surface area contributed by atoms with Crippen molar-refractivity contribution in [1.82, 2.24) is 0 Å². The molecule has 0 amide bonds. The van der Waals surface area contributed by atoms with Crippen LogP contribution in [0.5, 0.6) is 17.2 Å². The van der Waals surface area contributed by atoms with Gasteiger partial charge in [-0.1, -0.05) is 64.5 Å². The van der Waals surface area contributed by atoms with Crippen LogP contribution in [0.4, 0.5) is 0 Å². The Labute approximate surface area is 209 Å². The fraction of sp³-hybridized carbons (Fsp3) is 0.448. The average Bonchev–Trinajstić information content (AvgIpc) is 2.89. The molecule has 0 atom stereocenters. The van der Waals surface area contributed by atoms with Gasteiger partial charge >= 0.3 is 5.97 Å². The molecule has 0 radical (unpaired) electrons. The van der Waals surface area contributed by atoms with Crippen molar-refractivity contribution in [1.29, 1.82) is 0 Å². The van der Waals surface area contributed by atoms with Gasteiger partial charge in [0.25, 0.3) is 0 Å². The minimum atomic E-state index is -0.439. The van der Waals surface area contributed by atoms with Gasteiger partial charge in [0.1, 0.15) is 37.1 Å². The minimum Gasteiger partial charge on any atom is -0.494 e. The summed E-state index contributed by atoms with van der Waals surface area (Å²) in [5, 5.41) is 0. The molecule has 0 saturated carbocycles. The lowest BCUT2D eigenvalue weighted by Gasteiger charge is -2.09. The molecule has 0 spiro atoms. The van der Waals surface area contributed by atoms with Gasteiger partial charge in [0, 0.05) is 0 Å². The second kappa shape index (κ2) is 17.2. The molecule has 0 aromatic heterocycles. The first kappa shape index (κ1) is 28.0. The molecule has 0 aliphatic heterocycles. The van der Waals surface area contributed by atoms with Crippen molar-refractivity contribution in [3.8, 4) is 17.2 Å².